The highest BCUT2D eigenvalue weighted by Gasteiger charge is 2.24. The van der Waals surface area contributed by atoms with Gasteiger partial charge in [0.05, 0.1) is 12.1 Å². The Kier molecular flexibility index (Phi) is 5.86. The van der Waals surface area contributed by atoms with Gasteiger partial charge in [-0.3, -0.25) is 0 Å². The molecule has 0 bridgehead atoms. The molecule has 29 heavy (non-hydrogen) atoms. The smallest absolute Gasteiger partial charge is 0.123 e. The van der Waals surface area contributed by atoms with Gasteiger partial charge in [0.2, 0.25) is 0 Å². The number of benzene rings is 2. The minimum atomic E-state index is -0.997. The Morgan fingerprint density at radius 2 is 1.66 bits per heavy atom. The molecule has 1 saturated carbocycles. The van der Waals surface area contributed by atoms with E-state index in [0.29, 0.717) is 29.9 Å². The lowest BCUT2D eigenvalue weighted by Gasteiger charge is -2.27. The van der Waals surface area contributed by atoms with Crippen LogP contribution >= 0.6 is 0 Å². The molecule has 4 nitrogen and oxygen atoms in total. The predicted molar refractivity (Wildman–Crippen MR) is 113 cm³/mol. The van der Waals surface area contributed by atoms with E-state index in [1.165, 1.54) is 43.5 Å². The van der Waals surface area contributed by atoms with Gasteiger partial charge in [0.15, 0.2) is 0 Å². The normalized spacial score (nSPS) is 17.0. The van der Waals surface area contributed by atoms with Crippen molar-refractivity contribution < 1.29 is 13.9 Å². The first-order valence-corrected chi connectivity index (χ1v) is 10.5. The van der Waals surface area contributed by atoms with Gasteiger partial charge < -0.3 is 20.3 Å². The maximum Gasteiger partial charge on any atom is 0.123 e. The SMILES string of the molecule is CC(O)(CNCCCNC1CCC1)Cn1c2ccc(F)cc2c2cc(F)ccc21. The molecular weight excluding hydrogens is 372 g/mol. The third-order valence-electron chi connectivity index (χ3n) is 5.86. The molecule has 1 aromatic heterocycles. The van der Waals surface area contributed by atoms with Crippen LogP contribution in [0.1, 0.15) is 32.6 Å². The maximum absolute atomic E-state index is 13.8. The van der Waals surface area contributed by atoms with Crippen LogP contribution in [0, 0.1) is 11.6 Å². The highest BCUT2D eigenvalue weighted by Crippen LogP contribution is 2.31. The summed E-state index contributed by atoms with van der Waals surface area (Å²) in [5.74, 6) is -0.713. The van der Waals surface area contributed by atoms with E-state index in [4.69, 9.17) is 0 Å². The second kappa shape index (κ2) is 8.38. The Morgan fingerprint density at radius 3 is 2.21 bits per heavy atom. The molecule has 1 heterocycles. The number of hydrogen-bond acceptors (Lipinski definition) is 3. The summed E-state index contributed by atoms with van der Waals surface area (Å²) < 4.78 is 29.5. The molecule has 1 unspecified atom stereocenters. The quantitative estimate of drug-likeness (QED) is 0.476. The van der Waals surface area contributed by atoms with Gasteiger partial charge in [-0.05, 0) is 75.7 Å². The summed E-state index contributed by atoms with van der Waals surface area (Å²) in [4.78, 5) is 0. The molecule has 0 amide bonds. The van der Waals surface area contributed by atoms with Crippen molar-refractivity contribution in [2.45, 2.75) is 50.8 Å². The lowest BCUT2D eigenvalue weighted by Crippen LogP contribution is -2.42. The molecule has 0 spiro atoms. The number of aromatic nitrogens is 1. The Morgan fingerprint density at radius 1 is 1.03 bits per heavy atom. The average molecular weight is 402 g/mol. The summed E-state index contributed by atoms with van der Waals surface area (Å²) in [6, 6.07) is 9.73. The van der Waals surface area contributed by atoms with Crippen LogP contribution in [0.4, 0.5) is 8.78 Å². The van der Waals surface area contributed by atoms with E-state index in [2.05, 4.69) is 10.6 Å². The molecule has 156 valence electrons. The number of nitrogens with zero attached hydrogens (tertiary/aromatic N) is 1. The Balaban J connectivity index is 1.44. The van der Waals surface area contributed by atoms with E-state index >= 15 is 0 Å². The molecule has 1 atom stereocenters. The minimum absolute atomic E-state index is 0.331. The molecule has 0 radical (unpaired) electrons. The fourth-order valence-electron chi connectivity index (χ4n) is 4.10. The van der Waals surface area contributed by atoms with Crippen molar-refractivity contribution in [1.82, 2.24) is 15.2 Å². The van der Waals surface area contributed by atoms with Crippen LogP contribution in [-0.2, 0) is 6.54 Å². The first-order valence-electron chi connectivity index (χ1n) is 10.5. The largest absolute Gasteiger partial charge is 0.387 e. The van der Waals surface area contributed by atoms with Crippen LogP contribution in [0.15, 0.2) is 36.4 Å². The van der Waals surface area contributed by atoms with Crippen LogP contribution in [0.2, 0.25) is 0 Å². The summed E-state index contributed by atoms with van der Waals surface area (Å²) >= 11 is 0. The maximum atomic E-state index is 13.8. The monoisotopic (exact) mass is 401 g/mol. The first kappa shape index (κ1) is 20.3. The predicted octanol–water partition coefficient (Wildman–Crippen LogP) is 3.95. The van der Waals surface area contributed by atoms with Gasteiger partial charge in [0.25, 0.3) is 0 Å². The molecule has 3 N–H and O–H groups in total. The molecule has 0 aliphatic heterocycles. The molecule has 1 aliphatic carbocycles. The third kappa shape index (κ3) is 4.60. The van der Waals surface area contributed by atoms with Gasteiger partial charge in [-0.2, -0.15) is 0 Å². The summed E-state index contributed by atoms with van der Waals surface area (Å²) in [5.41, 5.74) is 0.581. The molecule has 3 aromatic rings. The fraction of sp³-hybridized carbons (Fsp3) is 0.478. The van der Waals surface area contributed by atoms with E-state index in [1.54, 1.807) is 19.1 Å². The van der Waals surface area contributed by atoms with Gasteiger partial charge in [-0.15, -0.1) is 0 Å². The number of halogens is 2. The van der Waals surface area contributed by atoms with Gasteiger partial charge >= 0.3 is 0 Å². The summed E-state index contributed by atoms with van der Waals surface area (Å²) in [6.07, 6.45) is 4.92. The highest BCUT2D eigenvalue weighted by atomic mass is 19.1. The number of aliphatic hydroxyl groups is 1. The average Bonchev–Trinajstić information content (AvgIpc) is 2.91. The summed E-state index contributed by atoms with van der Waals surface area (Å²) in [7, 11) is 0. The standard InChI is InChI=1S/C23H29F2N3O/c1-23(29,14-26-10-3-11-27-18-4-2-5-18)15-28-21-8-6-16(24)12-19(21)20-13-17(25)7-9-22(20)28/h6-9,12-13,18,26-27,29H,2-5,10-11,14-15H2,1H3. The van der Waals surface area contributed by atoms with E-state index < -0.39 is 5.60 Å². The molecule has 4 rings (SSSR count). The second-order valence-corrected chi connectivity index (χ2v) is 8.52. The van der Waals surface area contributed by atoms with Crippen LogP contribution < -0.4 is 10.6 Å². The zero-order chi connectivity index (χ0) is 20.4. The summed E-state index contributed by atoms with van der Waals surface area (Å²) in [5, 5.41) is 19.1. The van der Waals surface area contributed by atoms with E-state index in [9.17, 15) is 13.9 Å². The van der Waals surface area contributed by atoms with Crippen LogP contribution in [0.25, 0.3) is 21.8 Å². The number of rotatable bonds is 9. The van der Waals surface area contributed by atoms with E-state index in [-0.39, 0.29) is 11.6 Å². The Bertz CT molecular complexity index is 935. The molecule has 1 fully saturated rings. The topological polar surface area (TPSA) is 49.2 Å². The van der Waals surface area contributed by atoms with E-state index in [1.807, 2.05) is 4.57 Å². The lowest BCUT2D eigenvalue weighted by molar-refractivity contribution is 0.0442. The first-order chi connectivity index (χ1) is 13.9. The van der Waals surface area contributed by atoms with Crippen LogP contribution in [-0.4, -0.2) is 41.0 Å². The van der Waals surface area contributed by atoms with Crippen LogP contribution in [0.5, 0.6) is 0 Å². The zero-order valence-electron chi connectivity index (χ0n) is 16.8. The Labute approximate surface area is 169 Å². The highest BCUT2D eigenvalue weighted by molar-refractivity contribution is 6.08. The molecule has 1 aliphatic rings. The van der Waals surface area contributed by atoms with Gasteiger partial charge in [0.1, 0.15) is 11.6 Å². The number of fused-ring (bicyclic) bond motifs is 3. The summed E-state index contributed by atoms with van der Waals surface area (Å²) in [6.45, 7) is 4.39. The van der Waals surface area contributed by atoms with Gasteiger partial charge in [-0.25, -0.2) is 8.78 Å². The minimum Gasteiger partial charge on any atom is -0.387 e. The molecule has 2 aromatic carbocycles. The van der Waals surface area contributed by atoms with Gasteiger partial charge in [-0.1, -0.05) is 6.42 Å². The fourth-order valence-corrected chi connectivity index (χ4v) is 4.10. The van der Waals surface area contributed by atoms with Crippen molar-refractivity contribution in [3.63, 3.8) is 0 Å². The lowest BCUT2D eigenvalue weighted by atomic mass is 9.93. The van der Waals surface area contributed by atoms with Crippen molar-refractivity contribution in [2.75, 3.05) is 19.6 Å². The molecule has 6 heteroatoms. The molecular formula is C23H29F2N3O. The third-order valence-corrected chi connectivity index (χ3v) is 5.86. The Hall–Kier alpha value is -2.02. The second-order valence-electron chi connectivity index (χ2n) is 8.52. The number of nitrogens with one attached hydrogen (secondary N) is 2. The van der Waals surface area contributed by atoms with Crippen molar-refractivity contribution in [3.8, 4) is 0 Å². The molecule has 0 saturated heterocycles. The van der Waals surface area contributed by atoms with E-state index in [0.717, 1.165) is 30.5 Å². The van der Waals surface area contributed by atoms with Gasteiger partial charge in [0, 0.05) is 34.4 Å². The van der Waals surface area contributed by atoms with Crippen molar-refractivity contribution in [1.29, 1.82) is 0 Å². The van der Waals surface area contributed by atoms with Crippen molar-refractivity contribution >= 4 is 21.8 Å². The van der Waals surface area contributed by atoms with Crippen molar-refractivity contribution in [3.05, 3.63) is 48.0 Å². The van der Waals surface area contributed by atoms with Crippen LogP contribution in [0.3, 0.4) is 0 Å². The van der Waals surface area contributed by atoms with Crippen molar-refractivity contribution in [2.24, 2.45) is 0 Å². The zero-order valence-corrected chi connectivity index (χ0v) is 16.8. The number of hydrogen-bond donors (Lipinski definition) is 3.